The number of hydrogen-bond acceptors (Lipinski definition) is 5. The van der Waals surface area contributed by atoms with E-state index in [1.807, 2.05) is 42.5 Å². The minimum absolute atomic E-state index is 0.0951. The number of hydrazone groups is 1. The van der Waals surface area contributed by atoms with Crippen LogP contribution in [0.3, 0.4) is 0 Å². The van der Waals surface area contributed by atoms with Gasteiger partial charge in [0.15, 0.2) is 0 Å². The van der Waals surface area contributed by atoms with Gasteiger partial charge < -0.3 is 14.5 Å². The summed E-state index contributed by atoms with van der Waals surface area (Å²) in [6, 6.07) is 18.2. The van der Waals surface area contributed by atoms with Crippen molar-refractivity contribution >= 4 is 29.4 Å². The summed E-state index contributed by atoms with van der Waals surface area (Å²) in [7, 11) is 1.60. The summed E-state index contributed by atoms with van der Waals surface area (Å²) < 4.78 is 10.8. The molecule has 0 atom stereocenters. The molecule has 0 saturated carbocycles. The van der Waals surface area contributed by atoms with Gasteiger partial charge in [-0.2, -0.15) is 5.10 Å². The molecule has 0 aliphatic carbocycles. The summed E-state index contributed by atoms with van der Waals surface area (Å²) in [6.07, 6.45) is 1.45. The van der Waals surface area contributed by atoms with E-state index in [1.54, 1.807) is 25.3 Å². The molecule has 1 aromatic heterocycles. The molecular formula is C20H18ClN3O3. The molecular weight excluding hydrogens is 366 g/mol. The molecule has 3 rings (SSSR count). The average molecular weight is 384 g/mol. The first-order valence-electron chi connectivity index (χ1n) is 8.19. The maximum atomic E-state index is 11.8. The Bertz CT molecular complexity index is 918. The van der Waals surface area contributed by atoms with E-state index >= 15 is 0 Å². The molecule has 27 heavy (non-hydrogen) atoms. The van der Waals surface area contributed by atoms with Crippen LogP contribution in [0.4, 0.5) is 5.69 Å². The Morgan fingerprint density at radius 3 is 2.56 bits per heavy atom. The van der Waals surface area contributed by atoms with Crippen LogP contribution in [-0.2, 0) is 4.79 Å². The first kappa shape index (κ1) is 18.5. The van der Waals surface area contributed by atoms with Crippen molar-refractivity contribution in [3.8, 4) is 17.1 Å². The van der Waals surface area contributed by atoms with Crippen LogP contribution in [0.2, 0.25) is 5.02 Å². The molecule has 3 aromatic rings. The summed E-state index contributed by atoms with van der Waals surface area (Å²) in [6.45, 7) is 0.0951. The number of amides is 1. The molecule has 1 heterocycles. The van der Waals surface area contributed by atoms with E-state index < -0.39 is 0 Å². The van der Waals surface area contributed by atoms with E-state index in [9.17, 15) is 4.79 Å². The van der Waals surface area contributed by atoms with E-state index in [0.717, 1.165) is 17.0 Å². The fourth-order valence-electron chi connectivity index (χ4n) is 2.29. The molecule has 0 aliphatic heterocycles. The highest BCUT2D eigenvalue weighted by Gasteiger charge is 2.04. The van der Waals surface area contributed by atoms with Gasteiger partial charge in [0.1, 0.15) is 17.3 Å². The molecule has 0 radical (unpaired) electrons. The Hall–Kier alpha value is -3.25. The highest BCUT2D eigenvalue weighted by atomic mass is 35.5. The minimum atomic E-state index is -0.272. The number of methoxy groups -OCH3 is 1. The van der Waals surface area contributed by atoms with E-state index in [0.29, 0.717) is 16.5 Å². The number of rotatable bonds is 7. The quantitative estimate of drug-likeness (QED) is 0.474. The molecule has 0 aliphatic rings. The van der Waals surface area contributed by atoms with Crippen LogP contribution in [0.5, 0.6) is 5.75 Å². The largest absolute Gasteiger partial charge is 0.497 e. The third-order valence-electron chi connectivity index (χ3n) is 3.68. The molecule has 0 spiro atoms. The maximum Gasteiger partial charge on any atom is 0.259 e. The first-order chi connectivity index (χ1) is 13.1. The number of anilines is 1. The van der Waals surface area contributed by atoms with Gasteiger partial charge in [0.2, 0.25) is 0 Å². The first-order valence-corrected chi connectivity index (χ1v) is 8.57. The molecule has 1 amide bonds. The van der Waals surface area contributed by atoms with Crippen molar-refractivity contribution in [1.82, 2.24) is 5.43 Å². The van der Waals surface area contributed by atoms with Crippen LogP contribution in [0, 0.1) is 0 Å². The predicted octanol–water partition coefficient (Wildman–Crippen LogP) is 4.17. The maximum absolute atomic E-state index is 11.8. The normalized spacial score (nSPS) is 10.7. The number of ether oxygens (including phenoxy) is 1. The summed E-state index contributed by atoms with van der Waals surface area (Å²) in [5.41, 5.74) is 4.17. The van der Waals surface area contributed by atoms with Crippen LogP contribution in [0.15, 0.2) is 70.2 Å². The highest BCUT2D eigenvalue weighted by Crippen LogP contribution is 2.23. The zero-order valence-electron chi connectivity index (χ0n) is 14.6. The Balaban J connectivity index is 1.48. The van der Waals surface area contributed by atoms with Gasteiger partial charge >= 0.3 is 0 Å². The molecule has 138 valence electrons. The fourth-order valence-corrected chi connectivity index (χ4v) is 2.42. The fraction of sp³-hybridized carbons (Fsp3) is 0.100. The molecule has 0 saturated heterocycles. The van der Waals surface area contributed by atoms with Crippen LogP contribution in [-0.4, -0.2) is 25.8 Å². The SMILES string of the molecule is COc1ccc(NCC(=O)N/N=C/c2ccc(-c3ccc(Cl)cc3)o2)cc1. The smallest absolute Gasteiger partial charge is 0.259 e. The minimum Gasteiger partial charge on any atom is -0.497 e. The summed E-state index contributed by atoms with van der Waals surface area (Å²) in [5, 5.41) is 7.57. The molecule has 6 nitrogen and oxygen atoms in total. The Morgan fingerprint density at radius 1 is 1.11 bits per heavy atom. The Kier molecular flexibility index (Phi) is 6.12. The van der Waals surface area contributed by atoms with Gasteiger partial charge in [0.05, 0.1) is 19.9 Å². The lowest BCUT2D eigenvalue weighted by molar-refractivity contribution is -0.119. The Labute approximate surface area is 161 Å². The predicted molar refractivity (Wildman–Crippen MR) is 106 cm³/mol. The second kappa shape index (κ2) is 8.91. The highest BCUT2D eigenvalue weighted by molar-refractivity contribution is 6.30. The number of nitrogens with zero attached hydrogens (tertiary/aromatic N) is 1. The van der Waals surface area contributed by atoms with Gasteiger partial charge in [-0.15, -0.1) is 0 Å². The van der Waals surface area contributed by atoms with Crippen molar-refractivity contribution in [2.75, 3.05) is 19.0 Å². The second-order valence-electron chi connectivity index (χ2n) is 5.58. The molecule has 7 heteroatoms. The lowest BCUT2D eigenvalue weighted by atomic mass is 10.2. The van der Waals surface area contributed by atoms with Crippen molar-refractivity contribution in [3.63, 3.8) is 0 Å². The molecule has 0 fully saturated rings. The number of benzene rings is 2. The van der Waals surface area contributed by atoms with Gasteiger partial charge in [0.25, 0.3) is 5.91 Å². The molecule has 0 unspecified atom stereocenters. The van der Waals surface area contributed by atoms with Gasteiger partial charge in [-0.1, -0.05) is 11.6 Å². The van der Waals surface area contributed by atoms with Crippen molar-refractivity contribution in [3.05, 3.63) is 71.4 Å². The molecule has 2 aromatic carbocycles. The van der Waals surface area contributed by atoms with Gasteiger partial charge in [-0.3, -0.25) is 4.79 Å². The van der Waals surface area contributed by atoms with E-state index in [2.05, 4.69) is 15.8 Å². The Morgan fingerprint density at radius 2 is 1.85 bits per heavy atom. The summed E-state index contributed by atoms with van der Waals surface area (Å²) in [5.74, 6) is 1.71. The number of nitrogens with one attached hydrogen (secondary N) is 2. The monoisotopic (exact) mass is 383 g/mol. The van der Waals surface area contributed by atoms with Crippen molar-refractivity contribution < 1.29 is 13.9 Å². The van der Waals surface area contributed by atoms with Crippen molar-refractivity contribution in [2.24, 2.45) is 5.10 Å². The summed E-state index contributed by atoms with van der Waals surface area (Å²) >= 11 is 5.88. The van der Waals surface area contributed by atoms with Crippen LogP contribution in [0.25, 0.3) is 11.3 Å². The van der Waals surface area contributed by atoms with E-state index in [-0.39, 0.29) is 12.5 Å². The molecule has 2 N–H and O–H groups in total. The second-order valence-corrected chi connectivity index (χ2v) is 6.02. The van der Waals surface area contributed by atoms with Crippen LogP contribution >= 0.6 is 11.6 Å². The number of halogens is 1. The van der Waals surface area contributed by atoms with Crippen molar-refractivity contribution in [1.29, 1.82) is 0 Å². The lowest BCUT2D eigenvalue weighted by Gasteiger charge is -2.06. The average Bonchev–Trinajstić information content (AvgIpc) is 3.16. The number of carbonyl (C=O) groups excluding carboxylic acids is 1. The number of hydrogen-bond donors (Lipinski definition) is 2. The van der Waals surface area contributed by atoms with E-state index in [1.165, 1.54) is 6.21 Å². The zero-order chi connectivity index (χ0) is 19.1. The molecule has 0 bridgehead atoms. The lowest BCUT2D eigenvalue weighted by Crippen LogP contribution is -2.25. The number of furan rings is 1. The standard InChI is InChI=1S/C20H18ClN3O3/c1-26-17-8-6-16(7-9-17)22-13-20(25)24-23-12-18-10-11-19(27-18)14-2-4-15(21)5-3-14/h2-12,22H,13H2,1H3,(H,24,25)/b23-12+. The third-order valence-corrected chi connectivity index (χ3v) is 3.93. The van der Waals surface area contributed by atoms with Crippen LogP contribution < -0.4 is 15.5 Å². The van der Waals surface area contributed by atoms with Gasteiger partial charge in [-0.05, 0) is 60.7 Å². The zero-order valence-corrected chi connectivity index (χ0v) is 15.4. The van der Waals surface area contributed by atoms with Gasteiger partial charge in [0, 0.05) is 16.3 Å². The number of carbonyl (C=O) groups is 1. The van der Waals surface area contributed by atoms with Crippen molar-refractivity contribution in [2.45, 2.75) is 0 Å². The summed E-state index contributed by atoms with van der Waals surface area (Å²) in [4.78, 5) is 11.8. The third kappa shape index (κ3) is 5.36. The van der Waals surface area contributed by atoms with Crippen LogP contribution in [0.1, 0.15) is 5.76 Å². The topological polar surface area (TPSA) is 75.9 Å². The van der Waals surface area contributed by atoms with E-state index in [4.69, 9.17) is 20.8 Å². The van der Waals surface area contributed by atoms with Gasteiger partial charge in [-0.25, -0.2) is 5.43 Å².